The fourth-order valence-corrected chi connectivity index (χ4v) is 2.09. The lowest BCUT2D eigenvalue weighted by atomic mass is 10.1. The Labute approximate surface area is 112 Å². The zero-order valence-electron chi connectivity index (χ0n) is 10.7. The predicted octanol–water partition coefficient (Wildman–Crippen LogP) is 0.627. The summed E-state index contributed by atoms with van der Waals surface area (Å²) in [5, 5.41) is 18.0. The van der Waals surface area contributed by atoms with E-state index in [1.54, 1.807) is 29.2 Å². The van der Waals surface area contributed by atoms with Gasteiger partial charge in [-0.3, -0.25) is 4.79 Å². The van der Waals surface area contributed by atoms with Crippen molar-refractivity contribution >= 4 is 5.91 Å². The van der Waals surface area contributed by atoms with Crippen LogP contribution in [-0.4, -0.2) is 46.8 Å². The maximum absolute atomic E-state index is 12.2. The van der Waals surface area contributed by atoms with Gasteiger partial charge in [0, 0.05) is 24.2 Å². The van der Waals surface area contributed by atoms with Crippen LogP contribution in [0.5, 0.6) is 0 Å². The van der Waals surface area contributed by atoms with E-state index >= 15 is 0 Å². The highest BCUT2D eigenvalue weighted by atomic mass is 16.3. The van der Waals surface area contributed by atoms with Gasteiger partial charge in [-0.2, -0.15) is 0 Å². The fraction of sp³-hybridized carbons (Fsp3) is 0.400. The van der Waals surface area contributed by atoms with Crippen LogP contribution in [0, 0.1) is 11.8 Å². The first-order valence-electron chi connectivity index (χ1n) is 6.38. The van der Waals surface area contributed by atoms with E-state index in [1.165, 1.54) is 0 Å². The van der Waals surface area contributed by atoms with Gasteiger partial charge in [-0.15, -0.1) is 0 Å². The third kappa shape index (κ3) is 3.57. The number of aliphatic hydroxyl groups is 2. The summed E-state index contributed by atoms with van der Waals surface area (Å²) in [5.74, 6) is 5.35. The molecule has 1 saturated heterocycles. The molecule has 0 spiro atoms. The Morgan fingerprint density at radius 3 is 2.47 bits per heavy atom. The second kappa shape index (κ2) is 6.37. The van der Waals surface area contributed by atoms with E-state index in [0.29, 0.717) is 31.5 Å². The molecule has 1 aromatic rings. The molecular weight excluding hydrogens is 242 g/mol. The molecule has 0 aromatic heterocycles. The van der Waals surface area contributed by atoms with E-state index in [1.807, 2.05) is 0 Å². The van der Waals surface area contributed by atoms with Crippen molar-refractivity contribution in [1.29, 1.82) is 0 Å². The molecule has 1 amide bonds. The van der Waals surface area contributed by atoms with Crippen LogP contribution in [0.2, 0.25) is 0 Å². The summed E-state index contributed by atoms with van der Waals surface area (Å²) < 4.78 is 0. The first-order valence-corrected chi connectivity index (χ1v) is 6.38. The molecule has 1 aromatic carbocycles. The molecule has 0 atom stereocenters. The normalized spacial score (nSPS) is 15.8. The van der Waals surface area contributed by atoms with Crippen LogP contribution in [0.25, 0.3) is 0 Å². The largest absolute Gasteiger partial charge is 0.393 e. The van der Waals surface area contributed by atoms with Crippen molar-refractivity contribution in [1.82, 2.24) is 4.90 Å². The standard InChI is InChI=1S/C15H17NO3/c17-11-1-2-12-3-5-13(6-4-12)15(19)16-9-7-14(18)8-10-16/h3-6,14,17-18H,7-11H2. The zero-order chi connectivity index (χ0) is 13.7. The van der Waals surface area contributed by atoms with Crippen LogP contribution in [0.1, 0.15) is 28.8 Å². The summed E-state index contributed by atoms with van der Waals surface area (Å²) in [6.07, 6.45) is 1.01. The average molecular weight is 259 g/mol. The highest BCUT2D eigenvalue weighted by molar-refractivity contribution is 5.94. The van der Waals surface area contributed by atoms with Crippen LogP contribution < -0.4 is 0 Å². The third-order valence-corrected chi connectivity index (χ3v) is 3.20. The van der Waals surface area contributed by atoms with E-state index in [4.69, 9.17) is 5.11 Å². The van der Waals surface area contributed by atoms with Crippen molar-refractivity contribution < 1.29 is 15.0 Å². The molecule has 1 aliphatic rings. The quantitative estimate of drug-likeness (QED) is 0.727. The molecule has 0 radical (unpaired) electrons. The summed E-state index contributed by atoms with van der Waals surface area (Å²) in [6.45, 7) is 1.04. The van der Waals surface area contributed by atoms with Crippen molar-refractivity contribution in [3.05, 3.63) is 35.4 Å². The Bertz CT molecular complexity index is 490. The number of carbonyl (C=O) groups excluding carboxylic acids is 1. The van der Waals surface area contributed by atoms with Gasteiger partial charge in [0.2, 0.25) is 0 Å². The highest BCUT2D eigenvalue weighted by Crippen LogP contribution is 2.14. The first-order chi connectivity index (χ1) is 9.20. The monoisotopic (exact) mass is 259 g/mol. The lowest BCUT2D eigenvalue weighted by Crippen LogP contribution is -2.40. The molecule has 2 N–H and O–H groups in total. The van der Waals surface area contributed by atoms with E-state index in [0.717, 1.165) is 5.56 Å². The van der Waals surface area contributed by atoms with E-state index < -0.39 is 0 Å². The van der Waals surface area contributed by atoms with Gasteiger partial charge >= 0.3 is 0 Å². The average Bonchev–Trinajstić information content (AvgIpc) is 2.46. The highest BCUT2D eigenvalue weighted by Gasteiger charge is 2.21. The van der Waals surface area contributed by atoms with Gasteiger partial charge in [-0.05, 0) is 37.1 Å². The second-order valence-corrected chi connectivity index (χ2v) is 4.56. The number of hydrogen-bond donors (Lipinski definition) is 2. The van der Waals surface area contributed by atoms with Crippen molar-refractivity contribution in [3.63, 3.8) is 0 Å². The van der Waals surface area contributed by atoms with E-state index in [2.05, 4.69) is 11.8 Å². The van der Waals surface area contributed by atoms with Gasteiger partial charge in [0.1, 0.15) is 6.61 Å². The molecule has 0 saturated carbocycles. The van der Waals surface area contributed by atoms with Gasteiger partial charge in [0.05, 0.1) is 6.10 Å². The van der Waals surface area contributed by atoms with Crippen LogP contribution in [-0.2, 0) is 0 Å². The Morgan fingerprint density at radius 2 is 1.89 bits per heavy atom. The fourth-order valence-electron chi connectivity index (χ4n) is 2.09. The minimum Gasteiger partial charge on any atom is -0.393 e. The lowest BCUT2D eigenvalue weighted by Gasteiger charge is -2.29. The van der Waals surface area contributed by atoms with Crippen LogP contribution >= 0.6 is 0 Å². The Balaban J connectivity index is 2.03. The third-order valence-electron chi connectivity index (χ3n) is 3.20. The molecule has 1 aliphatic heterocycles. The summed E-state index contributed by atoms with van der Waals surface area (Å²) in [4.78, 5) is 14.0. The number of rotatable bonds is 1. The lowest BCUT2D eigenvalue weighted by molar-refractivity contribution is 0.0546. The SMILES string of the molecule is O=C(c1ccc(C#CCO)cc1)N1CCC(O)CC1. The van der Waals surface area contributed by atoms with Crippen LogP contribution in [0.15, 0.2) is 24.3 Å². The van der Waals surface area contributed by atoms with Crippen LogP contribution in [0.3, 0.4) is 0 Å². The van der Waals surface area contributed by atoms with Gasteiger partial charge in [0.15, 0.2) is 0 Å². The number of likely N-dealkylation sites (tertiary alicyclic amines) is 1. The Morgan fingerprint density at radius 1 is 1.26 bits per heavy atom. The maximum atomic E-state index is 12.2. The second-order valence-electron chi connectivity index (χ2n) is 4.56. The molecule has 0 unspecified atom stereocenters. The smallest absolute Gasteiger partial charge is 0.253 e. The molecular formula is C15H17NO3. The number of piperidine rings is 1. The van der Waals surface area contributed by atoms with Gasteiger partial charge in [0.25, 0.3) is 5.91 Å². The zero-order valence-corrected chi connectivity index (χ0v) is 10.7. The molecule has 0 aliphatic carbocycles. The molecule has 2 rings (SSSR count). The summed E-state index contributed by atoms with van der Waals surface area (Å²) in [5.41, 5.74) is 1.41. The number of carbonyl (C=O) groups is 1. The van der Waals surface area contributed by atoms with Gasteiger partial charge < -0.3 is 15.1 Å². The van der Waals surface area contributed by atoms with Gasteiger partial charge in [-0.25, -0.2) is 0 Å². The van der Waals surface area contributed by atoms with E-state index in [-0.39, 0.29) is 18.6 Å². The molecule has 4 nitrogen and oxygen atoms in total. The minimum absolute atomic E-state index is 0.00596. The topological polar surface area (TPSA) is 60.8 Å². The summed E-state index contributed by atoms with van der Waals surface area (Å²) in [7, 11) is 0. The Kier molecular flexibility index (Phi) is 4.56. The van der Waals surface area contributed by atoms with Crippen molar-refractivity contribution in [2.75, 3.05) is 19.7 Å². The number of benzene rings is 1. The molecule has 100 valence electrons. The van der Waals surface area contributed by atoms with E-state index in [9.17, 15) is 9.90 Å². The number of amides is 1. The Hall–Kier alpha value is -1.83. The molecule has 0 bridgehead atoms. The number of aliphatic hydroxyl groups excluding tert-OH is 2. The molecule has 1 fully saturated rings. The number of hydrogen-bond acceptors (Lipinski definition) is 3. The van der Waals surface area contributed by atoms with Crippen LogP contribution in [0.4, 0.5) is 0 Å². The molecule has 19 heavy (non-hydrogen) atoms. The first kappa shape index (κ1) is 13.6. The minimum atomic E-state index is -0.278. The molecule has 4 heteroatoms. The predicted molar refractivity (Wildman–Crippen MR) is 71.6 cm³/mol. The van der Waals surface area contributed by atoms with Gasteiger partial charge in [-0.1, -0.05) is 11.8 Å². The van der Waals surface area contributed by atoms with Crippen molar-refractivity contribution in [2.24, 2.45) is 0 Å². The number of nitrogens with zero attached hydrogens (tertiary/aromatic N) is 1. The summed E-state index contributed by atoms with van der Waals surface area (Å²) in [6, 6.07) is 7.03. The maximum Gasteiger partial charge on any atom is 0.253 e. The molecule has 1 heterocycles. The summed E-state index contributed by atoms with van der Waals surface area (Å²) >= 11 is 0. The van der Waals surface area contributed by atoms with Crippen molar-refractivity contribution in [2.45, 2.75) is 18.9 Å². The van der Waals surface area contributed by atoms with Crippen molar-refractivity contribution in [3.8, 4) is 11.8 Å².